The number of hydrogen-bond donors (Lipinski definition) is 0. The lowest BCUT2D eigenvalue weighted by Gasteiger charge is -2.22. The molecule has 0 N–H and O–H groups in total. The predicted octanol–water partition coefficient (Wildman–Crippen LogP) is 2.48. The molecule has 0 saturated heterocycles. The van der Waals surface area contributed by atoms with E-state index in [9.17, 15) is 0 Å². The van der Waals surface area contributed by atoms with E-state index in [0.717, 1.165) is 69.9 Å². The van der Waals surface area contributed by atoms with Crippen LogP contribution in [0.25, 0.3) is 0 Å². The van der Waals surface area contributed by atoms with Gasteiger partial charge in [0.25, 0.3) is 0 Å². The van der Waals surface area contributed by atoms with Crippen molar-refractivity contribution >= 4 is 5.71 Å². The second kappa shape index (κ2) is 7.99. The number of aromatic nitrogens is 3. The van der Waals surface area contributed by atoms with E-state index in [-0.39, 0.29) is 6.10 Å². The van der Waals surface area contributed by atoms with Crippen molar-refractivity contribution in [2.45, 2.75) is 51.7 Å². The van der Waals surface area contributed by atoms with Crippen LogP contribution in [-0.2, 0) is 30.6 Å². The summed E-state index contributed by atoms with van der Waals surface area (Å²) < 4.78 is 2.33. The van der Waals surface area contributed by atoms with E-state index < -0.39 is 0 Å². The molecule has 4 rings (SSSR count). The number of aryl methyl sites for hydroxylation is 2. The van der Waals surface area contributed by atoms with Gasteiger partial charge in [0.1, 0.15) is 17.8 Å². The number of oxime groups is 1. The molecule has 2 aliphatic heterocycles. The van der Waals surface area contributed by atoms with Gasteiger partial charge in [-0.15, -0.1) is 10.2 Å². The molecule has 2 aromatic rings. The topological polar surface area (TPSA) is 55.5 Å². The summed E-state index contributed by atoms with van der Waals surface area (Å²) in [6.45, 7) is 6.08. The molecular formula is C20H27N5O. The Morgan fingerprint density at radius 3 is 2.77 bits per heavy atom. The first-order chi connectivity index (χ1) is 12.8. The predicted molar refractivity (Wildman–Crippen MR) is 101 cm³/mol. The minimum Gasteiger partial charge on any atom is -0.391 e. The third kappa shape index (κ3) is 3.96. The van der Waals surface area contributed by atoms with E-state index in [4.69, 9.17) is 4.84 Å². The van der Waals surface area contributed by atoms with Gasteiger partial charge >= 0.3 is 0 Å². The van der Waals surface area contributed by atoms with Gasteiger partial charge in [0.15, 0.2) is 0 Å². The van der Waals surface area contributed by atoms with Gasteiger partial charge in [-0.25, -0.2) is 0 Å². The highest BCUT2D eigenvalue weighted by atomic mass is 16.6. The molecule has 0 amide bonds. The maximum absolute atomic E-state index is 5.58. The molecule has 0 spiro atoms. The average molecular weight is 353 g/mol. The zero-order valence-electron chi connectivity index (χ0n) is 15.5. The van der Waals surface area contributed by atoms with Crippen LogP contribution in [0.2, 0.25) is 0 Å². The highest BCUT2D eigenvalue weighted by molar-refractivity contribution is 5.85. The number of hydrogen-bond acceptors (Lipinski definition) is 5. The Morgan fingerprint density at radius 1 is 1.08 bits per heavy atom. The van der Waals surface area contributed by atoms with Crippen LogP contribution in [0, 0.1) is 0 Å². The molecule has 0 unspecified atom stereocenters. The van der Waals surface area contributed by atoms with Crippen molar-refractivity contribution in [2.24, 2.45) is 5.16 Å². The fourth-order valence-corrected chi connectivity index (χ4v) is 3.78. The SMILES string of the molecule is CCC1=NO[C@H](CN2CCc3nnc(CCc4ccccc4)n3CC2)C1. The Balaban J connectivity index is 1.33. The first-order valence-electron chi connectivity index (χ1n) is 9.70. The van der Waals surface area contributed by atoms with E-state index in [0.29, 0.717) is 0 Å². The minimum atomic E-state index is 0.214. The molecule has 1 aromatic heterocycles. The van der Waals surface area contributed by atoms with Crippen molar-refractivity contribution in [3.05, 3.63) is 47.5 Å². The lowest BCUT2D eigenvalue weighted by atomic mass is 10.1. The minimum absolute atomic E-state index is 0.214. The van der Waals surface area contributed by atoms with Crippen LogP contribution in [0.1, 0.15) is 37.0 Å². The Labute approximate surface area is 154 Å². The smallest absolute Gasteiger partial charge is 0.145 e. The van der Waals surface area contributed by atoms with Crippen molar-refractivity contribution in [3.63, 3.8) is 0 Å². The molecule has 0 bridgehead atoms. The molecule has 0 fully saturated rings. The van der Waals surface area contributed by atoms with Crippen LogP contribution in [-0.4, -0.2) is 51.1 Å². The Hall–Kier alpha value is -2.21. The zero-order chi connectivity index (χ0) is 17.8. The van der Waals surface area contributed by atoms with Crippen LogP contribution in [0.15, 0.2) is 35.5 Å². The van der Waals surface area contributed by atoms with E-state index in [2.05, 4.69) is 62.1 Å². The van der Waals surface area contributed by atoms with Gasteiger partial charge in [-0.05, 0) is 18.4 Å². The fraction of sp³-hybridized carbons (Fsp3) is 0.550. The Bertz CT molecular complexity index is 755. The third-order valence-electron chi connectivity index (χ3n) is 5.34. The highest BCUT2D eigenvalue weighted by Gasteiger charge is 2.25. The van der Waals surface area contributed by atoms with Crippen molar-refractivity contribution in [2.75, 3.05) is 19.6 Å². The van der Waals surface area contributed by atoms with Crippen molar-refractivity contribution in [1.29, 1.82) is 0 Å². The molecule has 0 radical (unpaired) electrons. The van der Waals surface area contributed by atoms with Gasteiger partial charge in [-0.2, -0.15) is 0 Å². The summed E-state index contributed by atoms with van der Waals surface area (Å²) >= 11 is 0. The molecule has 6 heteroatoms. The summed E-state index contributed by atoms with van der Waals surface area (Å²) in [7, 11) is 0. The van der Waals surface area contributed by atoms with E-state index >= 15 is 0 Å². The maximum Gasteiger partial charge on any atom is 0.145 e. The van der Waals surface area contributed by atoms with Crippen LogP contribution < -0.4 is 0 Å². The van der Waals surface area contributed by atoms with Crippen LogP contribution in [0.3, 0.4) is 0 Å². The van der Waals surface area contributed by atoms with Crippen LogP contribution >= 0.6 is 0 Å². The van der Waals surface area contributed by atoms with E-state index in [1.54, 1.807) is 0 Å². The molecule has 1 atom stereocenters. The first-order valence-corrected chi connectivity index (χ1v) is 9.70. The molecule has 1 aromatic carbocycles. The highest BCUT2D eigenvalue weighted by Crippen LogP contribution is 2.17. The van der Waals surface area contributed by atoms with E-state index in [1.165, 1.54) is 11.3 Å². The van der Waals surface area contributed by atoms with Gasteiger partial charge in [0.05, 0.1) is 5.71 Å². The van der Waals surface area contributed by atoms with Crippen LogP contribution in [0.5, 0.6) is 0 Å². The Kier molecular flexibility index (Phi) is 5.29. The van der Waals surface area contributed by atoms with Gasteiger partial charge in [0.2, 0.25) is 0 Å². The largest absolute Gasteiger partial charge is 0.391 e. The molecule has 0 aliphatic carbocycles. The van der Waals surface area contributed by atoms with Gasteiger partial charge in [-0.3, -0.25) is 4.90 Å². The van der Waals surface area contributed by atoms with Crippen molar-refractivity contribution in [1.82, 2.24) is 19.7 Å². The summed E-state index contributed by atoms with van der Waals surface area (Å²) in [4.78, 5) is 8.06. The zero-order valence-corrected chi connectivity index (χ0v) is 15.5. The van der Waals surface area contributed by atoms with Gasteiger partial charge in [0, 0.05) is 45.4 Å². The van der Waals surface area contributed by atoms with Crippen molar-refractivity contribution in [3.8, 4) is 0 Å². The summed E-state index contributed by atoms with van der Waals surface area (Å²) in [5, 5.41) is 13.1. The van der Waals surface area contributed by atoms with Gasteiger partial charge in [-0.1, -0.05) is 42.4 Å². The van der Waals surface area contributed by atoms with Crippen molar-refractivity contribution < 1.29 is 4.84 Å². The lowest BCUT2D eigenvalue weighted by molar-refractivity contribution is 0.0530. The summed E-state index contributed by atoms with van der Waals surface area (Å²) in [5.74, 6) is 2.23. The van der Waals surface area contributed by atoms with Gasteiger partial charge < -0.3 is 9.40 Å². The molecular weight excluding hydrogens is 326 g/mol. The number of benzene rings is 1. The Morgan fingerprint density at radius 2 is 1.96 bits per heavy atom. The monoisotopic (exact) mass is 353 g/mol. The molecule has 6 nitrogen and oxygen atoms in total. The second-order valence-corrected chi connectivity index (χ2v) is 7.16. The second-order valence-electron chi connectivity index (χ2n) is 7.16. The summed E-state index contributed by atoms with van der Waals surface area (Å²) in [6.07, 6.45) is 5.08. The number of rotatable bonds is 6. The molecule has 2 aliphatic rings. The quantitative estimate of drug-likeness (QED) is 0.801. The number of nitrogens with zero attached hydrogens (tertiary/aromatic N) is 5. The normalized spacial score (nSPS) is 20.3. The first kappa shape index (κ1) is 17.2. The molecule has 0 saturated carbocycles. The molecule has 26 heavy (non-hydrogen) atoms. The number of fused-ring (bicyclic) bond motifs is 1. The maximum atomic E-state index is 5.58. The molecule has 138 valence electrons. The fourth-order valence-electron chi connectivity index (χ4n) is 3.78. The standard InChI is InChI=1S/C20H27N5O/c1-2-17-14-18(26-23-17)15-24-11-10-20-22-21-19(25(20)13-12-24)9-8-16-6-4-3-5-7-16/h3-7,18H,2,8-15H2,1H3/t18-/m0/s1. The van der Waals surface area contributed by atoms with E-state index in [1.807, 2.05) is 0 Å². The third-order valence-corrected chi connectivity index (χ3v) is 5.34. The summed E-state index contributed by atoms with van der Waals surface area (Å²) in [5.41, 5.74) is 2.54. The summed E-state index contributed by atoms with van der Waals surface area (Å²) in [6, 6.07) is 10.6. The average Bonchev–Trinajstić information content (AvgIpc) is 3.24. The lowest BCUT2D eigenvalue weighted by Crippen LogP contribution is -2.35. The van der Waals surface area contributed by atoms with Crippen LogP contribution in [0.4, 0.5) is 0 Å². The molecule has 3 heterocycles.